The third kappa shape index (κ3) is 3.77. The standard InChI is InChI=1S/C14H14BrNO2S2/c1-16(8-10-7-13(15)19-9-10)14(17)11-3-5-12(6-4-11)20(2)18/h3-7,9H,8H2,1-2H3. The molecule has 3 nitrogen and oxygen atoms in total. The third-order valence-electron chi connectivity index (χ3n) is 2.82. The van der Waals surface area contributed by atoms with E-state index in [2.05, 4.69) is 15.9 Å². The molecule has 0 aliphatic heterocycles. The largest absolute Gasteiger partial charge is 0.337 e. The molecule has 2 aromatic rings. The van der Waals surface area contributed by atoms with Gasteiger partial charge in [-0.3, -0.25) is 9.00 Å². The topological polar surface area (TPSA) is 37.4 Å². The molecule has 1 atom stereocenters. The predicted molar refractivity (Wildman–Crippen MR) is 86.6 cm³/mol. The lowest BCUT2D eigenvalue weighted by Gasteiger charge is -2.16. The van der Waals surface area contributed by atoms with Crippen molar-refractivity contribution in [2.24, 2.45) is 0 Å². The highest BCUT2D eigenvalue weighted by atomic mass is 79.9. The van der Waals surface area contributed by atoms with E-state index in [1.54, 1.807) is 53.8 Å². The maximum Gasteiger partial charge on any atom is 0.253 e. The molecule has 2 rings (SSSR count). The molecule has 1 amide bonds. The van der Waals surface area contributed by atoms with Gasteiger partial charge in [0, 0.05) is 41.1 Å². The van der Waals surface area contributed by atoms with Crippen LogP contribution in [0.25, 0.3) is 0 Å². The van der Waals surface area contributed by atoms with Crippen LogP contribution in [0.3, 0.4) is 0 Å². The summed E-state index contributed by atoms with van der Waals surface area (Å²) in [6.07, 6.45) is 1.62. The van der Waals surface area contributed by atoms with Crippen molar-refractivity contribution in [2.45, 2.75) is 11.4 Å². The van der Waals surface area contributed by atoms with Crippen molar-refractivity contribution in [3.63, 3.8) is 0 Å². The molecule has 106 valence electrons. The summed E-state index contributed by atoms with van der Waals surface area (Å²) >= 11 is 5.02. The fraction of sp³-hybridized carbons (Fsp3) is 0.214. The van der Waals surface area contributed by atoms with Crippen LogP contribution in [0.15, 0.2) is 44.4 Å². The van der Waals surface area contributed by atoms with Crippen LogP contribution in [0.5, 0.6) is 0 Å². The SMILES string of the molecule is CN(Cc1csc(Br)c1)C(=O)c1ccc(S(C)=O)cc1. The van der Waals surface area contributed by atoms with E-state index in [1.807, 2.05) is 11.4 Å². The van der Waals surface area contributed by atoms with Gasteiger partial charge in [-0.15, -0.1) is 11.3 Å². The number of thiophene rings is 1. The number of rotatable bonds is 4. The highest BCUT2D eigenvalue weighted by Crippen LogP contribution is 2.22. The minimum Gasteiger partial charge on any atom is -0.337 e. The van der Waals surface area contributed by atoms with Gasteiger partial charge < -0.3 is 4.90 Å². The molecule has 0 bridgehead atoms. The Kier molecular flexibility index (Phi) is 5.12. The summed E-state index contributed by atoms with van der Waals surface area (Å²) in [6.45, 7) is 0.572. The molecule has 1 heterocycles. The maximum atomic E-state index is 12.3. The van der Waals surface area contributed by atoms with Crippen molar-refractivity contribution < 1.29 is 9.00 Å². The van der Waals surface area contributed by atoms with Gasteiger partial charge in [-0.25, -0.2) is 0 Å². The van der Waals surface area contributed by atoms with E-state index < -0.39 is 10.8 Å². The maximum absolute atomic E-state index is 12.3. The summed E-state index contributed by atoms with van der Waals surface area (Å²) in [5, 5.41) is 2.02. The normalized spacial score (nSPS) is 12.2. The summed E-state index contributed by atoms with van der Waals surface area (Å²) in [5.74, 6) is -0.0410. The van der Waals surface area contributed by atoms with Gasteiger partial charge in [-0.1, -0.05) is 0 Å². The summed E-state index contributed by atoms with van der Waals surface area (Å²) in [7, 11) is 0.759. The van der Waals surface area contributed by atoms with Crippen LogP contribution in [0.2, 0.25) is 0 Å². The fourth-order valence-corrected chi connectivity index (χ4v) is 3.50. The molecule has 20 heavy (non-hydrogen) atoms. The smallest absolute Gasteiger partial charge is 0.253 e. The second-order valence-electron chi connectivity index (χ2n) is 4.40. The molecule has 0 fully saturated rings. The molecular weight excluding hydrogens is 358 g/mol. The Morgan fingerprint density at radius 2 is 2.00 bits per heavy atom. The number of benzene rings is 1. The van der Waals surface area contributed by atoms with E-state index in [9.17, 15) is 9.00 Å². The molecular formula is C14H14BrNO2S2. The van der Waals surface area contributed by atoms with Crippen molar-refractivity contribution in [1.82, 2.24) is 4.90 Å². The first-order chi connectivity index (χ1) is 9.47. The molecule has 1 unspecified atom stereocenters. The first kappa shape index (κ1) is 15.4. The lowest BCUT2D eigenvalue weighted by Crippen LogP contribution is -2.25. The van der Waals surface area contributed by atoms with Gasteiger partial charge in [-0.05, 0) is 57.2 Å². The number of halogens is 1. The number of carbonyl (C=O) groups excluding carboxylic acids is 1. The number of carbonyl (C=O) groups is 1. The van der Waals surface area contributed by atoms with E-state index in [0.29, 0.717) is 12.1 Å². The fourth-order valence-electron chi connectivity index (χ4n) is 1.78. The Morgan fingerprint density at radius 3 is 2.50 bits per heavy atom. The van der Waals surface area contributed by atoms with Crippen molar-refractivity contribution in [2.75, 3.05) is 13.3 Å². The molecule has 0 radical (unpaired) electrons. The zero-order valence-electron chi connectivity index (χ0n) is 11.1. The van der Waals surface area contributed by atoms with Crippen LogP contribution in [0.4, 0.5) is 0 Å². The molecule has 0 spiro atoms. The van der Waals surface area contributed by atoms with Gasteiger partial charge in [-0.2, -0.15) is 0 Å². The molecule has 0 aliphatic rings. The van der Waals surface area contributed by atoms with E-state index in [1.165, 1.54) is 0 Å². The molecule has 6 heteroatoms. The Labute approximate surface area is 133 Å². The Bertz CT molecular complexity index is 637. The van der Waals surface area contributed by atoms with E-state index in [0.717, 1.165) is 14.2 Å². The monoisotopic (exact) mass is 371 g/mol. The average molecular weight is 372 g/mol. The predicted octanol–water partition coefficient (Wildman–Crippen LogP) is 3.52. The zero-order valence-corrected chi connectivity index (χ0v) is 14.3. The Morgan fingerprint density at radius 1 is 1.35 bits per heavy atom. The average Bonchev–Trinajstić information content (AvgIpc) is 2.83. The number of amides is 1. The molecule has 0 N–H and O–H groups in total. The second-order valence-corrected chi connectivity index (χ2v) is 8.07. The van der Waals surface area contributed by atoms with E-state index in [-0.39, 0.29) is 5.91 Å². The van der Waals surface area contributed by atoms with E-state index >= 15 is 0 Å². The van der Waals surface area contributed by atoms with Crippen LogP contribution < -0.4 is 0 Å². The van der Waals surface area contributed by atoms with Gasteiger partial charge in [0.15, 0.2) is 0 Å². The minimum atomic E-state index is -1.02. The molecule has 0 aliphatic carbocycles. The van der Waals surface area contributed by atoms with Crippen LogP contribution in [0, 0.1) is 0 Å². The lowest BCUT2D eigenvalue weighted by atomic mass is 10.2. The summed E-state index contributed by atoms with van der Waals surface area (Å²) < 4.78 is 12.4. The van der Waals surface area contributed by atoms with Crippen molar-refractivity contribution >= 4 is 44.0 Å². The Hall–Kier alpha value is -0.980. The van der Waals surface area contributed by atoms with Gasteiger partial charge in [0.05, 0.1) is 3.79 Å². The summed E-state index contributed by atoms with van der Waals surface area (Å²) in [4.78, 5) is 14.7. The van der Waals surface area contributed by atoms with Crippen LogP contribution in [-0.2, 0) is 17.3 Å². The van der Waals surface area contributed by atoms with Gasteiger partial charge in [0.1, 0.15) is 0 Å². The second kappa shape index (κ2) is 6.65. The molecule has 0 saturated heterocycles. The highest BCUT2D eigenvalue weighted by molar-refractivity contribution is 9.11. The summed E-state index contributed by atoms with van der Waals surface area (Å²) in [5.41, 5.74) is 1.71. The van der Waals surface area contributed by atoms with Crippen LogP contribution in [-0.4, -0.2) is 28.3 Å². The van der Waals surface area contributed by atoms with Crippen LogP contribution in [0.1, 0.15) is 15.9 Å². The number of hydrogen-bond acceptors (Lipinski definition) is 3. The van der Waals surface area contributed by atoms with Gasteiger partial charge >= 0.3 is 0 Å². The molecule has 1 aromatic heterocycles. The van der Waals surface area contributed by atoms with Gasteiger partial charge in [0.25, 0.3) is 5.91 Å². The van der Waals surface area contributed by atoms with Crippen molar-refractivity contribution in [3.8, 4) is 0 Å². The van der Waals surface area contributed by atoms with E-state index in [4.69, 9.17) is 0 Å². The first-order valence-electron chi connectivity index (χ1n) is 5.89. The van der Waals surface area contributed by atoms with Gasteiger partial charge in [0.2, 0.25) is 0 Å². The third-order valence-corrected chi connectivity index (χ3v) is 5.31. The first-order valence-corrected chi connectivity index (χ1v) is 9.12. The summed E-state index contributed by atoms with van der Waals surface area (Å²) in [6, 6.07) is 8.92. The molecule has 0 saturated carbocycles. The number of hydrogen-bond donors (Lipinski definition) is 0. The number of nitrogens with zero attached hydrogens (tertiary/aromatic N) is 1. The van der Waals surface area contributed by atoms with Crippen molar-refractivity contribution in [3.05, 3.63) is 50.6 Å². The lowest BCUT2D eigenvalue weighted by molar-refractivity contribution is 0.0785. The highest BCUT2D eigenvalue weighted by Gasteiger charge is 2.13. The zero-order chi connectivity index (χ0) is 14.7. The minimum absolute atomic E-state index is 0.0410. The molecule has 1 aromatic carbocycles. The van der Waals surface area contributed by atoms with Crippen molar-refractivity contribution in [1.29, 1.82) is 0 Å². The Balaban J connectivity index is 2.08. The van der Waals surface area contributed by atoms with Crippen LogP contribution >= 0.6 is 27.3 Å². The quantitative estimate of drug-likeness (QED) is 0.824.